The van der Waals surface area contributed by atoms with Gasteiger partial charge in [-0.25, -0.2) is 4.98 Å². The number of carbonyl (C=O) groups is 1. The first-order valence-electron chi connectivity index (χ1n) is 8.33. The predicted octanol–water partition coefficient (Wildman–Crippen LogP) is 1.57. The Kier molecular flexibility index (Phi) is 3.88. The summed E-state index contributed by atoms with van der Waals surface area (Å²) >= 11 is 0. The summed E-state index contributed by atoms with van der Waals surface area (Å²) in [6.07, 6.45) is 6.33. The average Bonchev–Trinajstić information content (AvgIpc) is 3.08. The molecule has 0 saturated heterocycles. The highest BCUT2D eigenvalue weighted by Gasteiger charge is 2.29. The molecule has 0 fully saturated rings. The van der Waals surface area contributed by atoms with Gasteiger partial charge in [0.05, 0.1) is 13.0 Å². The summed E-state index contributed by atoms with van der Waals surface area (Å²) in [5, 5.41) is 3.18. The second kappa shape index (κ2) is 6.19. The van der Waals surface area contributed by atoms with Crippen molar-refractivity contribution in [2.45, 2.75) is 31.8 Å². The molecular weight excluding hydrogens is 306 g/mol. The molecule has 2 atom stereocenters. The molecular formula is C18H21N3O3. The third kappa shape index (κ3) is 2.84. The molecule has 6 heteroatoms. The van der Waals surface area contributed by atoms with E-state index in [0.29, 0.717) is 13.0 Å². The predicted molar refractivity (Wildman–Crippen MR) is 88.2 cm³/mol. The number of fused-ring (bicyclic) bond motifs is 2. The lowest BCUT2D eigenvalue weighted by molar-refractivity contribution is -0.127. The summed E-state index contributed by atoms with van der Waals surface area (Å²) in [4.78, 5) is 16.9. The van der Waals surface area contributed by atoms with Crippen LogP contribution in [0.2, 0.25) is 0 Å². The van der Waals surface area contributed by atoms with Crippen LogP contribution in [0.1, 0.15) is 17.8 Å². The van der Waals surface area contributed by atoms with E-state index < -0.39 is 0 Å². The Hall–Kier alpha value is -2.50. The Bertz CT molecular complexity index is 756. The van der Waals surface area contributed by atoms with Crippen LogP contribution in [-0.4, -0.2) is 35.2 Å². The SMILES string of the molecule is COc1ccc2c(c1)OC[C@H](C(=O)N[C@@H]1CCc3nccn3C1)C2. The fourth-order valence-corrected chi connectivity index (χ4v) is 3.45. The van der Waals surface area contributed by atoms with E-state index in [1.54, 1.807) is 7.11 Å². The number of aryl methyl sites for hydroxylation is 1. The molecule has 2 aliphatic rings. The van der Waals surface area contributed by atoms with Gasteiger partial charge >= 0.3 is 0 Å². The largest absolute Gasteiger partial charge is 0.497 e. The van der Waals surface area contributed by atoms with Gasteiger partial charge in [-0.2, -0.15) is 0 Å². The monoisotopic (exact) mass is 327 g/mol. The van der Waals surface area contributed by atoms with E-state index in [0.717, 1.165) is 42.3 Å². The van der Waals surface area contributed by atoms with E-state index in [1.807, 2.05) is 30.6 Å². The minimum atomic E-state index is -0.143. The van der Waals surface area contributed by atoms with Crippen LogP contribution in [0.25, 0.3) is 0 Å². The van der Waals surface area contributed by atoms with Gasteiger partial charge in [-0.15, -0.1) is 0 Å². The summed E-state index contributed by atoms with van der Waals surface area (Å²) < 4.78 is 13.1. The van der Waals surface area contributed by atoms with Crippen molar-refractivity contribution in [2.75, 3.05) is 13.7 Å². The summed E-state index contributed by atoms with van der Waals surface area (Å²) in [7, 11) is 1.64. The van der Waals surface area contributed by atoms with Crippen LogP contribution in [0.3, 0.4) is 0 Å². The maximum atomic E-state index is 12.6. The number of hydrogen-bond acceptors (Lipinski definition) is 4. The van der Waals surface area contributed by atoms with E-state index in [4.69, 9.17) is 9.47 Å². The van der Waals surface area contributed by atoms with E-state index in [1.165, 1.54) is 0 Å². The maximum Gasteiger partial charge on any atom is 0.227 e. The Balaban J connectivity index is 1.39. The fraction of sp³-hybridized carbons (Fsp3) is 0.444. The molecule has 1 amide bonds. The number of ether oxygens (including phenoxy) is 2. The molecule has 6 nitrogen and oxygen atoms in total. The molecule has 1 N–H and O–H groups in total. The lowest BCUT2D eigenvalue weighted by Gasteiger charge is -2.29. The molecule has 0 aliphatic carbocycles. The van der Waals surface area contributed by atoms with Crippen LogP contribution in [0.15, 0.2) is 30.6 Å². The second-order valence-electron chi connectivity index (χ2n) is 6.43. The van der Waals surface area contributed by atoms with Crippen molar-refractivity contribution in [1.29, 1.82) is 0 Å². The van der Waals surface area contributed by atoms with Crippen LogP contribution < -0.4 is 14.8 Å². The molecule has 0 radical (unpaired) electrons. The third-order valence-electron chi connectivity index (χ3n) is 4.83. The zero-order valence-electron chi connectivity index (χ0n) is 13.7. The molecule has 24 heavy (non-hydrogen) atoms. The first-order chi connectivity index (χ1) is 11.7. The van der Waals surface area contributed by atoms with Gasteiger partial charge in [-0.1, -0.05) is 6.07 Å². The number of methoxy groups -OCH3 is 1. The number of benzene rings is 1. The Morgan fingerprint density at radius 2 is 2.38 bits per heavy atom. The smallest absolute Gasteiger partial charge is 0.227 e. The van der Waals surface area contributed by atoms with Crippen molar-refractivity contribution in [3.05, 3.63) is 42.0 Å². The van der Waals surface area contributed by atoms with Crippen molar-refractivity contribution in [3.8, 4) is 11.5 Å². The number of nitrogens with zero attached hydrogens (tertiary/aromatic N) is 2. The molecule has 2 aromatic rings. The van der Waals surface area contributed by atoms with Crippen LogP contribution in [0.5, 0.6) is 11.5 Å². The zero-order valence-corrected chi connectivity index (χ0v) is 13.7. The van der Waals surface area contributed by atoms with Gasteiger partial charge in [0.2, 0.25) is 5.91 Å². The Labute approximate surface area is 140 Å². The van der Waals surface area contributed by atoms with Gasteiger partial charge in [0, 0.05) is 37.5 Å². The number of hydrogen-bond donors (Lipinski definition) is 1. The molecule has 1 aromatic heterocycles. The first kappa shape index (κ1) is 15.1. The van der Waals surface area contributed by atoms with Crippen LogP contribution in [-0.2, 0) is 24.2 Å². The molecule has 0 spiro atoms. The standard InChI is InChI=1S/C18H21N3O3/c1-23-15-4-2-12-8-13(11-24-16(12)9-15)18(22)20-14-3-5-17-19-6-7-21(17)10-14/h2,4,6-7,9,13-14H,3,5,8,10-11H2,1H3,(H,20,22)/t13-,14-/m1/s1. The van der Waals surface area contributed by atoms with Gasteiger partial charge in [-0.05, 0) is 24.5 Å². The van der Waals surface area contributed by atoms with Crippen molar-refractivity contribution in [1.82, 2.24) is 14.9 Å². The number of rotatable bonds is 3. The Morgan fingerprint density at radius 3 is 3.25 bits per heavy atom. The van der Waals surface area contributed by atoms with Crippen molar-refractivity contribution >= 4 is 5.91 Å². The lowest BCUT2D eigenvalue weighted by atomic mass is 9.95. The minimum absolute atomic E-state index is 0.0741. The number of imidazole rings is 1. The van der Waals surface area contributed by atoms with Crippen LogP contribution in [0.4, 0.5) is 0 Å². The lowest BCUT2D eigenvalue weighted by Crippen LogP contribution is -2.46. The molecule has 3 heterocycles. The molecule has 2 aliphatic heterocycles. The highest BCUT2D eigenvalue weighted by molar-refractivity contribution is 5.80. The quantitative estimate of drug-likeness (QED) is 0.929. The summed E-state index contributed by atoms with van der Waals surface area (Å²) in [5.74, 6) is 2.62. The topological polar surface area (TPSA) is 65.4 Å². The van der Waals surface area contributed by atoms with Crippen LogP contribution >= 0.6 is 0 Å². The number of carbonyl (C=O) groups excluding carboxylic acids is 1. The maximum absolute atomic E-state index is 12.6. The van der Waals surface area contributed by atoms with Gasteiger partial charge in [0.1, 0.15) is 23.9 Å². The van der Waals surface area contributed by atoms with Gasteiger partial charge < -0.3 is 19.4 Å². The number of nitrogens with one attached hydrogen (secondary N) is 1. The molecule has 126 valence electrons. The number of amides is 1. The third-order valence-corrected chi connectivity index (χ3v) is 4.83. The summed E-state index contributed by atoms with van der Waals surface area (Å²) in [5.41, 5.74) is 1.06. The normalized spacial score (nSPS) is 22.0. The summed E-state index contributed by atoms with van der Waals surface area (Å²) in [6.45, 7) is 1.21. The van der Waals surface area contributed by atoms with Gasteiger partial charge in [-0.3, -0.25) is 4.79 Å². The molecule has 1 aromatic carbocycles. The summed E-state index contributed by atoms with van der Waals surface area (Å²) in [6, 6.07) is 5.93. The van der Waals surface area contributed by atoms with E-state index in [2.05, 4.69) is 14.9 Å². The first-order valence-corrected chi connectivity index (χ1v) is 8.33. The highest BCUT2D eigenvalue weighted by Crippen LogP contribution is 2.31. The van der Waals surface area contributed by atoms with E-state index in [9.17, 15) is 4.79 Å². The Morgan fingerprint density at radius 1 is 1.46 bits per heavy atom. The van der Waals surface area contributed by atoms with E-state index in [-0.39, 0.29) is 17.9 Å². The zero-order chi connectivity index (χ0) is 16.5. The fourth-order valence-electron chi connectivity index (χ4n) is 3.45. The van der Waals surface area contributed by atoms with Gasteiger partial charge in [0.15, 0.2) is 0 Å². The van der Waals surface area contributed by atoms with Crippen molar-refractivity contribution < 1.29 is 14.3 Å². The molecule has 4 rings (SSSR count). The molecule has 0 saturated carbocycles. The highest BCUT2D eigenvalue weighted by atomic mass is 16.5. The average molecular weight is 327 g/mol. The number of aromatic nitrogens is 2. The second-order valence-corrected chi connectivity index (χ2v) is 6.43. The van der Waals surface area contributed by atoms with E-state index >= 15 is 0 Å². The van der Waals surface area contributed by atoms with Gasteiger partial charge in [0.25, 0.3) is 0 Å². The van der Waals surface area contributed by atoms with Crippen molar-refractivity contribution in [3.63, 3.8) is 0 Å². The molecule has 0 unspecified atom stereocenters. The van der Waals surface area contributed by atoms with Crippen LogP contribution in [0, 0.1) is 5.92 Å². The minimum Gasteiger partial charge on any atom is -0.497 e. The van der Waals surface area contributed by atoms with Crippen molar-refractivity contribution in [2.24, 2.45) is 5.92 Å². The molecule has 0 bridgehead atoms.